The molecule has 216 valence electrons. The lowest BCUT2D eigenvalue weighted by Crippen LogP contribution is -2.38. The number of amides is 1. The van der Waals surface area contributed by atoms with E-state index in [1.807, 2.05) is 6.92 Å². The molecule has 2 heterocycles. The minimum atomic E-state index is -0.773. The molecule has 9 heteroatoms. The Morgan fingerprint density at radius 3 is 2.38 bits per heavy atom. The quantitative estimate of drug-likeness (QED) is 0.180. The molecule has 1 atom stereocenters. The van der Waals surface area contributed by atoms with Gasteiger partial charge in [0, 0.05) is 31.7 Å². The molecule has 2 aromatic carbocycles. The molecule has 0 aromatic heterocycles. The number of aryl methyl sites for hydroxylation is 1. The summed E-state index contributed by atoms with van der Waals surface area (Å²) in [6.07, 6.45) is 2.65. The van der Waals surface area contributed by atoms with Crippen LogP contribution in [0.15, 0.2) is 42.0 Å². The first kappa shape index (κ1) is 29.4. The first-order valence-electron chi connectivity index (χ1n) is 13.9. The summed E-state index contributed by atoms with van der Waals surface area (Å²) < 4.78 is 22.2. The maximum absolute atomic E-state index is 13.5. The summed E-state index contributed by atoms with van der Waals surface area (Å²) in [7, 11) is 3.08. The first-order chi connectivity index (χ1) is 19.4. The number of ketones is 1. The predicted octanol–water partition coefficient (Wildman–Crippen LogP) is 4.34. The van der Waals surface area contributed by atoms with Crippen LogP contribution in [0.2, 0.25) is 0 Å². The standard InChI is InChI=1S/C31H40N2O7/c1-5-6-16-40-24-10-9-23(19-21(24)2)29(34)27-28(22-8-11-25(37-3)26(20-22)38-4)33(31(36)30(27)35)13-7-12-32-14-17-39-18-15-32/h8-11,19-20,28,34H,5-7,12-18H2,1-4H3/t28-/m0/s1. The number of hydrogen-bond acceptors (Lipinski definition) is 8. The van der Waals surface area contributed by atoms with Gasteiger partial charge in [-0.1, -0.05) is 19.4 Å². The summed E-state index contributed by atoms with van der Waals surface area (Å²) in [5.74, 6) is 0.194. The molecule has 4 rings (SSSR count). The molecule has 2 saturated heterocycles. The van der Waals surface area contributed by atoms with Gasteiger partial charge in [-0.3, -0.25) is 14.5 Å². The number of Topliss-reactive ketones (excluding diaryl/α,β-unsaturated/α-hetero) is 1. The van der Waals surface area contributed by atoms with Gasteiger partial charge in [0.05, 0.1) is 45.7 Å². The van der Waals surface area contributed by atoms with Crippen LogP contribution in [0.3, 0.4) is 0 Å². The molecular formula is C31H40N2O7. The van der Waals surface area contributed by atoms with Gasteiger partial charge < -0.3 is 29.0 Å². The second-order valence-corrected chi connectivity index (χ2v) is 10.1. The molecule has 0 radical (unpaired) electrons. The van der Waals surface area contributed by atoms with Crippen molar-refractivity contribution >= 4 is 17.4 Å². The normalized spacial score (nSPS) is 19.2. The fraction of sp³-hybridized carbons (Fsp3) is 0.484. The number of ether oxygens (including phenoxy) is 4. The average molecular weight is 553 g/mol. The predicted molar refractivity (Wildman–Crippen MR) is 152 cm³/mol. The van der Waals surface area contributed by atoms with E-state index in [2.05, 4.69) is 11.8 Å². The van der Waals surface area contributed by atoms with Crippen LogP contribution in [0.4, 0.5) is 0 Å². The first-order valence-corrected chi connectivity index (χ1v) is 13.9. The Morgan fingerprint density at radius 1 is 0.975 bits per heavy atom. The van der Waals surface area contributed by atoms with Crippen molar-refractivity contribution < 1.29 is 33.6 Å². The number of nitrogens with zero attached hydrogens (tertiary/aromatic N) is 2. The van der Waals surface area contributed by atoms with Gasteiger partial charge in [0.1, 0.15) is 11.5 Å². The largest absolute Gasteiger partial charge is 0.507 e. The Bertz CT molecular complexity index is 1240. The Labute approximate surface area is 236 Å². The summed E-state index contributed by atoms with van der Waals surface area (Å²) in [6.45, 7) is 8.82. The van der Waals surface area contributed by atoms with Crippen molar-refractivity contribution in [3.05, 3.63) is 58.7 Å². The molecule has 0 saturated carbocycles. The number of morpholine rings is 1. The molecular weight excluding hydrogens is 512 g/mol. The van der Waals surface area contributed by atoms with Crippen LogP contribution in [0, 0.1) is 6.92 Å². The highest BCUT2D eigenvalue weighted by molar-refractivity contribution is 6.46. The van der Waals surface area contributed by atoms with Gasteiger partial charge in [0.15, 0.2) is 11.5 Å². The van der Waals surface area contributed by atoms with Crippen molar-refractivity contribution in [1.82, 2.24) is 9.80 Å². The molecule has 0 bridgehead atoms. The minimum absolute atomic E-state index is 0.0580. The third-order valence-electron chi connectivity index (χ3n) is 7.44. The Balaban J connectivity index is 1.70. The number of aliphatic hydroxyl groups is 1. The lowest BCUT2D eigenvalue weighted by molar-refractivity contribution is -0.140. The molecule has 40 heavy (non-hydrogen) atoms. The summed E-state index contributed by atoms with van der Waals surface area (Å²) >= 11 is 0. The smallest absolute Gasteiger partial charge is 0.295 e. The van der Waals surface area contributed by atoms with Gasteiger partial charge in [-0.15, -0.1) is 0 Å². The third kappa shape index (κ3) is 6.42. The van der Waals surface area contributed by atoms with Crippen molar-refractivity contribution in [1.29, 1.82) is 0 Å². The van der Waals surface area contributed by atoms with E-state index in [4.69, 9.17) is 18.9 Å². The molecule has 1 N–H and O–H groups in total. The van der Waals surface area contributed by atoms with Gasteiger partial charge in [-0.05, 0) is 61.2 Å². The molecule has 2 aliphatic heterocycles. The van der Waals surface area contributed by atoms with Crippen molar-refractivity contribution in [2.45, 2.75) is 39.2 Å². The summed E-state index contributed by atoms with van der Waals surface area (Å²) in [5, 5.41) is 11.5. The Hall–Kier alpha value is -3.56. The summed E-state index contributed by atoms with van der Waals surface area (Å²) in [4.78, 5) is 30.7. The van der Waals surface area contributed by atoms with Crippen molar-refractivity contribution in [3.63, 3.8) is 0 Å². The molecule has 0 unspecified atom stereocenters. The number of aliphatic hydroxyl groups excluding tert-OH is 1. The maximum atomic E-state index is 13.5. The van der Waals surface area contributed by atoms with E-state index in [-0.39, 0.29) is 11.3 Å². The van der Waals surface area contributed by atoms with Gasteiger partial charge >= 0.3 is 0 Å². The zero-order chi connectivity index (χ0) is 28.6. The van der Waals surface area contributed by atoms with E-state index in [9.17, 15) is 14.7 Å². The van der Waals surface area contributed by atoms with Crippen LogP contribution < -0.4 is 14.2 Å². The van der Waals surface area contributed by atoms with Crippen molar-refractivity contribution in [2.75, 3.05) is 60.2 Å². The van der Waals surface area contributed by atoms with Crippen LogP contribution >= 0.6 is 0 Å². The minimum Gasteiger partial charge on any atom is -0.507 e. The van der Waals surface area contributed by atoms with E-state index in [1.165, 1.54) is 7.11 Å². The number of benzene rings is 2. The lowest BCUT2D eigenvalue weighted by Gasteiger charge is -2.29. The average Bonchev–Trinajstić information content (AvgIpc) is 3.23. The molecule has 9 nitrogen and oxygen atoms in total. The fourth-order valence-electron chi connectivity index (χ4n) is 5.21. The van der Waals surface area contributed by atoms with Crippen LogP contribution in [0.1, 0.15) is 48.9 Å². The van der Waals surface area contributed by atoms with E-state index in [0.29, 0.717) is 55.4 Å². The second kappa shape index (κ2) is 13.7. The molecule has 0 spiro atoms. The fourth-order valence-corrected chi connectivity index (χ4v) is 5.21. The van der Waals surface area contributed by atoms with Crippen molar-refractivity contribution in [3.8, 4) is 17.2 Å². The Morgan fingerprint density at radius 2 is 1.70 bits per heavy atom. The van der Waals surface area contributed by atoms with E-state index >= 15 is 0 Å². The third-order valence-corrected chi connectivity index (χ3v) is 7.44. The van der Waals surface area contributed by atoms with Gasteiger partial charge in [0.25, 0.3) is 11.7 Å². The summed E-state index contributed by atoms with van der Waals surface area (Å²) in [6, 6.07) is 9.84. The lowest BCUT2D eigenvalue weighted by atomic mass is 9.94. The second-order valence-electron chi connectivity index (χ2n) is 10.1. The molecule has 0 aliphatic carbocycles. The number of methoxy groups -OCH3 is 2. The van der Waals surface area contributed by atoms with E-state index in [1.54, 1.807) is 48.4 Å². The number of hydrogen-bond donors (Lipinski definition) is 1. The zero-order valence-electron chi connectivity index (χ0n) is 23.9. The molecule has 1 amide bonds. The number of likely N-dealkylation sites (tertiary alicyclic amines) is 1. The Kier molecular flexibility index (Phi) is 10.1. The highest BCUT2D eigenvalue weighted by Gasteiger charge is 2.46. The number of carbonyl (C=O) groups is 2. The molecule has 2 aliphatic rings. The number of carbonyl (C=O) groups excluding carboxylic acids is 2. The van der Waals surface area contributed by atoms with Crippen molar-refractivity contribution in [2.24, 2.45) is 0 Å². The summed E-state index contributed by atoms with van der Waals surface area (Å²) in [5.41, 5.74) is 2.00. The van der Waals surface area contributed by atoms with Gasteiger partial charge in [-0.2, -0.15) is 0 Å². The number of unbranched alkanes of at least 4 members (excludes halogenated alkanes) is 1. The van der Waals surface area contributed by atoms with Gasteiger partial charge in [-0.25, -0.2) is 0 Å². The highest BCUT2D eigenvalue weighted by Crippen LogP contribution is 2.42. The monoisotopic (exact) mass is 552 g/mol. The van der Waals surface area contributed by atoms with Crippen LogP contribution in [-0.2, 0) is 14.3 Å². The molecule has 2 fully saturated rings. The topological polar surface area (TPSA) is 97.8 Å². The van der Waals surface area contributed by atoms with Crippen LogP contribution in [0.5, 0.6) is 17.2 Å². The number of rotatable bonds is 12. The van der Waals surface area contributed by atoms with Crippen LogP contribution in [0.25, 0.3) is 5.76 Å². The zero-order valence-corrected chi connectivity index (χ0v) is 23.9. The maximum Gasteiger partial charge on any atom is 0.295 e. The van der Waals surface area contributed by atoms with Gasteiger partial charge in [0.2, 0.25) is 0 Å². The van der Waals surface area contributed by atoms with Crippen LogP contribution in [-0.4, -0.2) is 86.8 Å². The highest BCUT2D eigenvalue weighted by atomic mass is 16.5. The SMILES string of the molecule is CCCCOc1ccc(C(O)=C2C(=O)C(=O)N(CCCN3CCOCC3)[C@H]2c2ccc(OC)c(OC)c2)cc1C. The van der Waals surface area contributed by atoms with E-state index in [0.717, 1.165) is 43.8 Å². The van der Waals surface area contributed by atoms with E-state index < -0.39 is 17.7 Å². The molecule has 2 aromatic rings.